The highest BCUT2D eigenvalue weighted by Gasteiger charge is 2.19. The first-order valence-electron chi connectivity index (χ1n) is 5.71. The topological polar surface area (TPSA) is 30.8 Å². The van der Waals surface area contributed by atoms with Crippen molar-refractivity contribution in [2.24, 2.45) is 4.99 Å². The zero-order chi connectivity index (χ0) is 11.0. The molecule has 84 valence electrons. The number of ether oxygens (including phenoxy) is 2. The Kier molecular flexibility index (Phi) is 2.40. The zero-order valence-corrected chi connectivity index (χ0v) is 9.40. The fraction of sp³-hybridized carbons (Fsp3) is 0.462. The summed E-state index contributed by atoms with van der Waals surface area (Å²) in [4.78, 5) is 4.26. The monoisotopic (exact) mass is 217 g/mol. The molecule has 0 spiro atoms. The van der Waals surface area contributed by atoms with Crippen LogP contribution in [-0.2, 0) is 11.3 Å². The standard InChI is InChI=1S/C13H15NO2/c1-9-4-10-6-14-7-11(10)5-13(9)16-12-2-3-15-8-12/h4-6,12H,2-3,7-8H2,1H3. The van der Waals surface area contributed by atoms with Crippen molar-refractivity contribution in [1.29, 1.82) is 0 Å². The van der Waals surface area contributed by atoms with Gasteiger partial charge in [-0.3, -0.25) is 4.99 Å². The highest BCUT2D eigenvalue weighted by Crippen LogP contribution is 2.27. The molecule has 0 N–H and O–H groups in total. The highest BCUT2D eigenvalue weighted by molar-refractivity contribution is 5.85. The van der Waals surface area contributed by atoms with Crippen LogP contribution in [0.15, 0.2) is 17.1 Å². The van der Waals surface area contributed by atoms with E-state index in [1.54, 1.807) is 0 Å². The van der Waals surface area contributed by atoms with Gasteiger partial charge in [0.2, 0.25) is 0 Å². The maximum Gasteiger partial charge on any atom is 0.124 e. The lowest BCUT2D eigenvalue weighted by molar-refractivity contribution is 0.141. The molecular formula is C13H15NO2. The van der Waals surface area contributed by atoms with Crippen molar-refractivity contribution >= 4 is 6.21 Å². The van der Waals surface area contributed by atoms with Crippen molar-refractivity contribution in [3.05, 3.63) is 28.8 Å². The van der Waals surface area contributed by atoms with Crippen LogP contribution in [0.2, 0.25) is 0 Å². The zero-order valence-electron chi connectivity index (χ0n) is 9.40. The van der Waals surface area contributed by atoms with E-state index in [2.05, 4.69) is 24.0 Å². The number of benzene rings is 1. The number of hydrogen-bond donors (Lipinski definition) is 0. The summed E-state index contributed by atoms with van der Waals surface area (Å²) in [5.41, 5.74) is 3.67. The van der Waals surface area contributed by atoms with Gasteiger partial charge in [-0.2, -0.15) is 0 Å². The van der Waals surface area contributed by atoms with E-state index in [9.17, 15) is 0 Å². The minimum Gasteiger partial charge on any atom is -0.488 e. The molecule has 0 bridgehead atoms. The molecular weight excluding hydrogens is 202 g/mol. The first kappa shape index (κ1) is 9.85. The molecule has 3 nitrogen and oxygen atoms in total. The Labute approximate surface area is 95.1 Å². The van der Waals surface area contributed by atoms with Crippen molar-refractivity contribution in [2.45, 2.75) is 26.0 Å². The second kappa shape index (κ2) is 3.91. The minimum atomic E-state index is 0.221. The van der Waals surface area contributed by atoms with E-state index in [4.69, 9.17) is 9.47 Å². The molecule has 3 heteroatoms. The fourth-order valence-electron chi connectivity index (χ4n) is 2.16. The number of nitrogens with zero attached hydrogens (tertiary/aromatic N) is 1. The molecule has 1 aromatic rings. The largest absolute Gasteiger partial charge is 0.488 e. The SMILES string of the molecule is Cc1cc2c(cc1OC1CCOC1)CN=C2. The van der Waals surface area contributed by atoms with Crippen molar-refractivity contribution in [3.63, 3.8) is 0 Å². The molecule has 3 rings (SSSR count). The third-order valence-electron chi connectivity index (χ3n) is 3.11. The average Bonchev–Trinajstić information content (AvgIpc) is 2.89. The van der Waals surface area contributed by atoms with Crippen LogP contribution < -0.4 is 4.74 Å². The molecule has 0 amide bonds. The molecule has 2 aliphatic heterocycles. The van der Waals surface area contributed by atoms with Crippen molar-refractivity contribution < 1.29 is 9.47 Å². The molecule has 1 fully saturated rings. The van der Waals surface area contributed by atoms with Gasteiger partial charge in [-0.15, -0.1) is 0 Å². The van der Waals surface area contributed by atoms with E-state index in [0.29, 0.717) is 6.61 Å². The lowest BCUT2D eigenvalue weighted by atomic mass is 10.1. The molecule has 2 aliphatic rings. The van der Waals surface area contributed by atoms with E-state index in [-0.39, 0.29) is 6.10 Å². The summed E-state index contributed by atoms with van der Waals surface area (Å²) < 4.78 is 11.3. The van der Waals surface area contributed by atoms with Gasteiger partial charge in [-0.05, 0) is 35.7 Å². The Bertz CT molecular complexity index is 434. The van der Waals surface area contributed by atoms with Crippen LogP contribution in [-0.4, -0.2) is 25.5 Å². The first-order chi connectivity index (χ1) is 7.83. The molecule has 0 radical (unpaired) electrons. The summed E-state index contributed by atoms with van der Waals surface area (Å²) in [6.07, 6.45) is 3.15. The maximum absolute atomic E-state index is 5.95. The number of hydrogen-bond acceptors (Lipinski definition) is 3. The summed E-state index contributed by atoms with van der Waals surface area (Å²) >= 11 is 0. The van der Waals surface area contributed by atoms with Crippen LogP contribution >= 0.6 is 0 Å². The van der Waals surface area contributed by atoms with Crippen LogP contribution in [0.4, 0.5) is 0 Å². The highest BCUT2D eigenvalue weighted by atomic mass is 16.5. The Balaban J connectivity index is 1.84. The molecule has 1 atom stereocenters. The summed E-state index contributed by atoms with van der Waals surface area (Å²) in [6, 6.07) is 4.27. The lowest BCUT2D eigenvalue weighted by Crippen LogP contribution is -2.16. The number of rotatable bonds is 2. The second-order valence-corrected chi connectivity index (χ2v) is 4.39. The van der Waals surface area contributed by atoms with Crippen LogP contribution in [0.3, 0.4) is 0 Å². The van der Waals surface area contributed by atoms with Gasteiger partial charge in [-0.25, -0.2) is 0 Å². The van der Waals surface area contributed by atoms with Crippen LogP contribution in [0, 0.1) is 6.92 Å². The number of aryl methyl sites for hydroxylation is 1. The smallest absolute Gasteiger partial charge is 0.124 e. The molecule has 1 aromatic carbocycles. The van der Waals surface area contributed by atoms with E-state index in [1.807, 2.05) is 6.21 Å². The van der Waals surface area contributed by atoms with Gasteiger partial charge < -0.3 is 9.47 Å². The minimum absolute atomic E-state index is 0.221. The number of aliphatic imine (C=N–C) groups is 1. The molecule has 0 aliphatic carbocycles. The van der Waals surface area contributed by atoms with E-state index < -0.39 is 0 Å². The van der Waals surface area contributed by atoms with Gasteiger partial charge in [-0.1, -0.05) is 0 Å². The fourth-order valence-corrected chi connectivity index (χ4v) is 2.16. The van der Waals surface area contributed by atoms with Gasteiger partial charge in [0, 0.05) is 12.6 Å². The predicted molar refractivity (Wildman–Crippen MR) is 62.3 cm³/mol. The van der Waals surface area contributed by atoms with Crippen LogP contribution in [0.5, 0.6) is 5.75 Å². The average molecular weight is 217 g/mol. The quantitative estimate of drug-likeness (QED) is 0.759. The third kappa shape index (κ3) is 1.71. The second-order valence-electron chi connectivity index (χ2n) is 4.39. The van der Waals surface area contributed by atoms with Gasteiger partial charge in [0.15, 0.2) is 0 Å². The Hall–Kier alpha value is -1.35. The molecule has 2 heterocycles. The molecule has 0 aromatic heterocycles. The van der Waals surface area contributed by atoms with Gasteiger partial charge in [0.1, 0.15) is 11.9 Å². The summed E-state index contributed by atoms with van der Waals surface area (Å²) in [5.74, 6) is 0.986. The summed E-state index contributed by atoms with van der Waals surface area (Å²) in [5, 5.41) is 0. The van der Waals surface area contributed by atoms with Crippen molar-refractivity contribution in [2.75, 3.05) is 13.2 Å². The third-order valence-corrected chi connectivity index (χ3v) is 3.11. The van der Waals surface area contributed by atoms with Gasteiger partial charge in [0.05, 0.1) is 19.8 Å². The normalized spacial score (nSPS) is 22.4. The molecule has 1 saturated heterocycles. The molecule has 0 saturated carbocycles. The van der Waals surface area contributed by atoms with Gasteiger partial charge in [0.25, 0.3) is 0 Å². The van der Waals surface area contributed by atoms with Crippen LogP contribution in [0.25, 0.3) is 0 Å². The van der Waals surface area contributed by atoms with E-state index in [0.717, 1.165) is 25.3 Å². The summed E-state index contributed by atoms with van der Waals surface area (Å²) in [6.45, 7) is 4.40. The Morgan fingerprint density at radius 2 is 2.38 bits per heavy atom. The molecule has 16 heavy (non-hydrogen) atoms. The van der Waals surface area contributed by atoms with Crippen molar-refractivity contribution in [3.8, 4) is 5.75 Å². The van der Waals surface area contributed by atoms with E-state index in [1.165, 1.54) is 16.7 Å². The Morgan fingerprint density at radius 1 is 1.44 bits per heavy atom. The Morgan fingerprint density at radius 3 is 3.19 bits per heavy atom. The van der Waals surface area contributed by atoms with Crippen molar-refractivity contribution in [1.82, 2.24) is 0 Å². The predicted octanol–water partition coefficient (Wildman–Crippen LogP) is 2.10. The molecule has 1 unspecified atom stereocenters. The van der Waals surface area contributed by atoms with E-state index >= 15 is 0 Å². The van der Waals surface area contributed by atoms with Gasteiger partial charge >= 0.3 is 0 Å². The maximum atomic E-state index is 5.95. The lowest BCUT2D eigenvalue weighted by Gasteiger charge is -2.15. The summed E-state index contributed by atoms with van der Waals surface area (Å²) in [7, 11) is 0. The van der Waals surface area contributed by atoms with Crippen LogP contribution in [0.1, 0.15) is 23.1 Å². The number of fused-ring (bicyclic) bond motifs is 1. The first-order valence-corrected chi connectivity index (χ1v) is 5.71.